The van der Waals surface area contributed by atoms with Gasteiger partial charge in [0.1, 0.15) is 17.3 Å². The molecule has 1 aliphatic heterocycles. The second-order valence-electron chi connectivity index (χ2n) is 5.81. The van der Waals surface area contributed by atoms with Crippen molar-refractivity contribution in [3.63, 3.8) is 0 Å². The molecule has 3 heterocycles. The summed E-state index contributed by atoms with van der Waals surface area (Å²) in [6.45, 7) is 7.47. The van der Waals surface area contributed by atoms with Gasteiger partial charge < -0.3 is 10.3 Å². The number of nitrogen functional groups attached to an aromatic ring is 1. The number of anilines is 1. The van der Waals surface area contributed by atoms with Crippen LogP contribution in [0.1, 0.15) is 39.1 Å². The third-order valence-corrected chi connectivity index (χ3v) is 3.87. The van der Waals surface area contributed by atoms with E-state index in [9.17, 15) is 0 Å². The third kappa shape index (κ3) is 2.03. The van der Waals surface area contributed by atoms with Crippen LogP contribution in [0.15, 0.2) is 12.4 Å². The summed E-state index contributed by atoms with van der Waals surface area (Å²) in [5, 5.41) is 4.37. The van der Waals surface area contributed by atoms with Gasteiger partial charge in [-0.05, 0) is 26.2 Å². The summed E-state index contributed by atoms with van der Waals surface area (Å²) in [6, 6.07) is 0.354. The summed E-state index contributed by atoms with van der Waals surface area (Å²) in [7, 11) is 0. The van der Waals surface area contributed by atoms with E-state index < -0.39 is 0 Å². The Hall–Kier alpha value is -1.78. The molecule has 19 heavy (non-hydrogen) atoms. The minimum absolute atomic E-state index is 0.354. The average molecular weight is 259 g/mol. The van der Waals surface area contributed by atoms with Gasteiger partial charge in [-0.2, -0.15) is 5.10 Å². The summed E-state index contributed by atoms with van der Waals surface area (Å²) in [6.07, 6.45) is 6.08. The van der Waals surface area contributed by atoms with Gasteiger partial charge in [0.05, 0.1) is 6.20 Å². The quantitative estimate of drug-likeness (QED) is 0.901. The summed E-state index contributed by atoms with van der Waals surface area (Å²) in [5.41, 5.74) is 8.15. The highest BCUT2D eigenvalue weighted by Crippen LogP contribution is 2.31. The number of nitrogens with zero attached hydrogens (tertiary/aromatic N) is 4. The predicted octanol–water partition coefficient (Wildman–Crippen LogP) is 2.49. The van der Waals surface area contributed by atoms with E-state index in [1.165, 1.54) is 6.42 Å². The van der Waals surface area contributed by atoms with Crippen LogP contribution in [-0.2, 0) is 13.0 Å². The Kier molecular flexibility index (Phi) is 2.84. The zero-order valence-corrected chi connectivity index (χ0v) is 11.8. The highest BCUT2D eigenvalue weighted by molar-refractivity contribution is 5.70. The smallest absolute Gasteiger partial charge is 0.131 e. The van der Waals surface area contributed by atoms with E-state index >= 15 is 0 Å². The fourth-order valence-electron chi connectivity index (χ4n) is 2.64. The molecule has 102 valence electrons. The van der Waals surface area contributed by atoms with Crippen LogP contribution in [-0.4, -0.2) is 19.3 Å². The Morgan fingerprint density at radius 1 is 1.42 bits per heavy atom. The lowest BCUT2D eigenvalue weighted by molar-refractivity contribution is 0.412. The third-order valence-electron chi connectivity index (χ3n) is 3.87. The van der Waals surface area contributed by atoms with Gasteiger partial charge in [0.15, 0.2) is 0 Å². The van der Waals surface area contributed by atoms with Gasteiger partial charge in [0, 0.05) is 30.8 Å². The van der Waals surface area contributed by atoms with E-state index in [0.29, 0.717) is 12.0 Å². The molecule has 0 saturated carbocycles. The number of aromatic nitrogens is 4. The maximum absolute atomic E-state index is 6.25. The SMILES string of the molecule is CC1CCn2c(nc(-c3cnn(C(C)C)c3)c2N)C1. The second-order valence-corrected chi connectivity index (χ2v) is 5.81. The van der Waals surface area contributed by atoms with Crippen LogP contribution in [0.5, 0.6) is 0 Å². The van der Waals surface area contributed by atoms with Crippen LogP contribution < -0.4 is 5.73 Å². The number of fused-ring (bicyclic) bond motifs is 1. The van der Waals surface area contributed by atoms with Gasteiger partial charge in [0.25, 0.3) is 0 Å². The highest BCUT2D eigenvalue weighted by Gasteiger charge is 2.22. The number of hydrogen-bond donors (Lipinski definition) is 1. The van der Waals surface area contributed by atoms with Gasteiger partial charge in [-0.1, -0.05) is 6.92 Å². The molecule has 5 nitrogen and oxygen atoms in total. The normalized spacial score (nSPS) is 18.8. The van der Waals surface area contributed by atoms with Gasteiger partial charge in [-0.3, -0.25) is 4.68 Å². The molecule has 5 heteroatoms. The summed E-state index contributed by atoms with van der Waals surface area (Å²) >= 11 is 0. The van der Waals surface area contributed by atoms with Crippen LogP contribution in [0, 0.1) is 5.92 Å². The minimum atomic E-state index is 0.354. The number of nitrogens with two attached hydrogens (primary N) is 1. The Balaban J connectivity index is 2.01. The second kappa shape index (κ2) is 4.40. The summed E-state index contributed by atoms with van der Waals surface area (Å²) in [5.74, 6) is 2.59. The topological polar surface area (TPSA) is 61.7 Å². The Bertz CT molecular complexity index is 593. The maximum Gasteiger partial charge on any atom is 0.131 e. The van der Waals surface area contributed by atoms with Gasteiger partial charge in [-0.25, -0.2) is 4.98 Å². The van der Waals surface area contributed by atoms with Crippen molar-refractivity contribution in [1.29, 1.82) is 0 Å². The first-order chi connectivity index (χ1) is 9.06. The zero-order chi connectivity index (χ0) is 13.6. The van der Waals surface area contributed by atoms with Crippen LogP contribution in [0.25, 0.3) is 11.3 Å². The van der Waals surface area contributed by atoms with E-state index in [-0.39, 0.29) is 0 Å². The molecule has 0 fully saturated rings. The molecule has 0 bridgehead atoms. The predicted molar refractivity (Wildman–Crippen MR) is 75.7 cm³/mol. The number of hydrogen-bond acceptors (Lipinski definition) is 3. The van der Waals surface area contributed by atoms with Crippen LogP contribution in [0.2, 0.25) is 0 Å². The van der Waals surface area contributed by atoms with Crippen molar-refractivity contribution < 1.29 is 0 Å². The Labute approximate surface area is 113 Å². The first-order valence-corrected chi connectivity index (χ1v) is 6.95. The van der Waals surface area contributed by atoms with Crippen molar-refractivity contribution in [3.05, 3.63) is 18.2 Å². The van der Waals surface area contributed by atoms with Crippen LogP contribution in [0.3, 0.4) is 0 Å². The molecule has 2 aromatic heterocycles. The zero-order valence-electron chi connectivity index (χ0n) is 11.8. The Morgan fingerprint density at radius 3 is 2.89 bits per heavy atom. The van der Waals surface area contributed by atoms with Crippen molar-refractivity contribution >= 4 is 5.82 Å². The average Bonchev–Trinajstić information content (AvgIpc) is 2.94. The number of imidazole rings is 1. The summed E-state index contributed by atoms with van der Waals surface area (Å²) in [4.78, 5) is 4.73. The molecule has 0 aliphatic carbocycles. The van der Waals surface area contributed by atoms with Crippen molar-refractivity contribution in [1.82, 2.24) is 19.3 Å². The molecule has 0 spiro atoms. The van der Waals surface area contributed by atoms with E-state index in [1.807, 2.05) is 17.1 Å². The molecule has 2 aromatic rings. The molecule has 0 aromatic carbocycles. The molecule has 0 radical (unpaired) electrons. The molecule has 1 atom stereocenters. The highest BCUT2D eigenvalue weighted by atomic mass is 15.3. The lowest BCUT2D eigenvalue weighted by atomic mass is 10.0. The van der Waals surface area contributed by atoms with Crippen molar-refractivity contribution in [2.75, 3.05) is 5.73 Å². The lowest BCUT2D eigenvalue weighted by Crippen LogP contribution is -2.18. The van der Waals surface area contributed by atoms with Crippen LogP contribution >= 0.6 is 0 Å². The Morgan fingerprint density at radius 2 is 2.21 bits per heavy atom. The van der Waals surface area contributed by atoms with Gasteiger partial charge >= 0.3 is 0 Å². The molecule has 1 unspecified atom stereocenters. The molecule has 3 rings (SSSR count). The fraction of sp³-hybridized carbons (Fsp3) is 0.571. The van der Waals surface area contributed by atoms with E-state index in [0.717, 1.165) is 35.9 Å². The van der Waals surface area contributed by atoms with Crippen molar-refractivity contribution in [3.8, 4) is 11.3 Å². The van der Waals surface area contributed by atoms with Crippen molar-refractivity contribution in [2.45, 2.75) is 46.2 Å². The standard InChI is InChI=1S/C14H21N5/c1-9(2)19-8-11(7-16-19)13-14(15)18-5-4-10(3)6-12(18)17-13/h7-10H,4-6,15H2,1-3H3. The van der Waals surface area contributed by atoms with Crippen LogP contribution in [0.4, 0.5) is 5.82 Å². The fourth-order valence-corrected chi connectivity index (χ4v) is 2.64. The number of rotatable bonds is 2. The van der Waals surface area contributed by atoms with E-state index in [4.69, 9.17) is 10.7 Å². The van der Waals surface area contributed by atoms with Gasteiger partial charge in [0.2, 0.25) is 0 Å². The van der Waals surface area contributed by atoms with E-state index in [2.05, 4.69) is 30.4 Å². The molecule has 2 N–H and O–H groups in total. The molecular weight excluding hydrogens is 238 g/mol. The molecule has 0 amide bonds. The first-order valence-electron chi connectivity index (χ1n) is 6.95. The molecular formula is C14H21N5. The summed E-state index contributed by atoms with van der Waals surface area (Å²) < 4.78 is 4.10. The van der Waals surface area contributed by atoms with Gasteiger partial charge in [-0.15, -0.1) is 0 Å². The van der Waals surface area contributed by atoms with E-state index in [1.54, 1.807) is 0 Å². The lowest BCUT2D eigenvalue weighted by Gasteiger charge is -2.20. The van der Waals surface area contributed by atoms with Crippen molar-refractivity contribution in [2.24, 2.45) is 5.92 Å². The largest absolute Gasteiger partial charge is 0.383 e. The molecule has 0 saturated heterocycles. The maximum atomic E-state index is 6.25. The first kappa shape index (κ1) is 12.3. The minimum Gasteiger partial charge on any atom is -0.383 e. The monoisotopic (exact) mass is 259 g/mol. The molecule has 1 aliphatic rings.